The van der Waals surface area contributed by atoms with E-state index in [2.05, 4.69) is 48.2 Å². The molecule has 7 heteroatoms. The summed E-state index contributed by atoms with van der Waals surface area (Å²) in [6, 6.07) is 8.84. The summed E-state index contributed by atoms with van der Waals surface area (Å²) in [7, 11) is 0. The second kappa shape index (κ2) is 6.74. The van der Waals surface area contributed by atoms with Crippen molar-refractivity contribution in [1.82, 2.24) is 14.6 Å². The molecule has 1 atom stereocenters. The number of hydrogen-bond acceptors (Lipinski definition) is 4. The molecule has 1 saturated heterocycles. The average Bonchev–Trinajstić information content (AvgIpc) is 3.21. The van der Waals surface area contributed by atoms with E-state index in [1.54, 1.807) is 20.8 Å². The molecular formula is C18H25N5OS+2. The van der Waals surface area contributed by atoms with Crippen LogP contribution in [0.5, 0.6) is 5.88 Å². The number of nitrogens with one attached hydrogen (secondary N) is 2. The van der Waals surface area contributed by atoms with Gasteiger partial charge in [0, 0.05) is 5.56 Å². The summed E-state index contributed by atoms with van der Waals surface area (Å²) in [6.07, 6.45) is 1.49. The Hall–Kier alpha value is -1.96. The Balaban J connectivity index is 1.74. The van der Waals surface area contributed by atoms with Crippen LogP contribution in [0.15, 0.2) is 30.6 Å². The Bertz CT molecular complexity index is 848. The van der Waals surface area contributed by atoms with Gasteiger partial charge in [0.25, 0.3) is 0 Å². The Morgan fingerprint density at radius 2 is 1.92 bits per heavy atom. The minimum absolute atomic E-state index is 0.132. The van der Waals surface area contributed by atoms with Crippen molar-refractivity contribution in [2.24, 2.45) is 0 Å². The van der Waals surface area contributed by atoms with Crippen LogP contribution in [0.2, 0.25) is 0 Å². The highest BCUT2D eigenvalue weighted by Crippen LogP contribution is 2.34. The zero-order valence-electron chi connectivity index (χ0n) is 14.7. The van der Waals surface area contributed by atoms with E-state index >= 15 is 0 Å². The summed E-state index contributed by atoms with van der Waals surface area (Å²) >= 11 is 1.55. The van der Waals surface area contributed by atoms with E-state index in [1.165, 1.54) is 42.0 Å². The number of thiazole rings is 1. The lowest BCUT2D eigenvalue weighted by Crippen LogP contribution is -3.28. The summed E-state index contributed by atoms with van der Waals surface area (Å²) in [5.74, 6) is 0.237. The smallest absolute Gasteiger partial charge is 0.235 e. The van der Waals surface area contributed by atoms with Gasteiger partial charge in [0.15, 0.2) is 6.04 Å². The van der Waals surface area contributed by atoms with Crippen molar-refractivity contribution in [3.8, 4) is 5.88 Å². The molecule has 3 heterocycles. The van der Waals surface area contributed by atoms with Crippen LogP contribution in [0.25, 0.3) is 4.96 Å². The van der Waals surface area contributed by atoms with E-state index in [1.807, 2.05) is 0 Å². The number of aromatic hydroxyl groups is 1. The van der Waals surface area contributed by atoms with Gasteiger partial charge in [-0.3, -0.25) is 0 Å². The van der Waals surface area contributed by atoms with Crippen molar-refractivity contribution in [2.45, 2.75) is 19.9 Å². The first-order valence-electron chi connectivity index (χ1n) is 8.93. The summed E-state index contributed by atoms with van der Waals surface area (Å²) in [5.41, 5.74) is 2.50. The second-order valence-corrected chi connectivity index (χ2v) is 7.86. The maximum absolute atomic E-state index is 10.7. The number of benzene rings is 1. The largest absolute Gasteiger partial charge is 0.492 e. The van der Waals surface area contributed by atoms with Crippen molar-refractivity contribution in [1.29, 1.82) is 0 Å². The number of fused-ring (bicyclic) bond motifs is 1. The Kier molecular flexibility index (Phi) is 4.45. The van der Waals surface area contributed by atoms with E-state index in [4.69, 9.17) is 0 Å². The monoisotopic (exact) mass is 359 g/mol. The number of aromatic nitrogens is 3. The molecule has 0 bridgehead atoms. The number of quaternary nitrogens is 2. The number of likely N-dealkylation sites (N-methyl/N-ethyl adjacent to an activating group) is 1. The van der Waals surface area contributed by atoms with Gasteiger partial charge in [-0.15, -0.1) is 0 Å². The van der Waals surface area contributed by atoms with E-state index < -0.39 is 0 Å². The number of piperazine rings is 1. The fraction of sp³-hybridized carbons (Fsp3) is 0.444. The van der Waals surface area contributed by atoms with Crippen molar-refractivity contribution < 1.29 is 14.9 Å². The van der Waals surface area contributed by atoms with Gasteiger partial charge in [-0.05, 0) is 13.8 Å². The van der Waals surface area contributed by atoms with Crippen LogP contribution in [0, 0.1) is 6.92 Å². The van der Waals surface area contributed by atoms with Crippen LogP contribution in [0.3, 0.4) is 0 Å². The minimum atomic E-state index is 0.132. The quantitative estimate of drug-likeness (QED) is 0.599. The van der Waals surface area contributed by atoms with E-state index in [0.717, 1.165) is 22.9 Å². The van der Waals surface area contributed by atoms with E-state index in [-0.39, 0.29) is 11.9 Å². The Labute approximate surface area is 151 Å². The molecule has 0 spiro atoms. The van der Waals surface area contributed by atoms with Crippen molar-refractivity contribution in [2.75, 3.05) is 32.7 Å². The molecule has 1 fully saturated rings. The third-order valence-corrected chi connectivity index (χ3v) is 6.42. The van der Waals surface area contributed by atoms with Crippen LogP contribution in [-0.2, 0) is 0 Å². The molecule has 3 N–H and O–H groups in total. The van der Waals surface area contributed by atoms with Gasteiger partial charge in [-0.2, -0.15) is 9.61 Å². The maximum atomic E-state index is 10.7. The summed E-state index contributed by atoms with van der Waals surface area (Å²) in [4.78, 5) is 9.16. The van der Waals surface area contributed by atoms with E-state index in [0.29, 0.717) is 0 Å². The van der Waals surface area contributed by atoms with Gasteiger partial charge in [0.1, 0.15) is 37.4 Å². The van der Waals surface area contributed by atoms with Crippen molar-refractivity contribution >= 4 is 16.3 Å². The van der Waals surface area contributed by atoms with Gasteiger partial charge in [0.05, 0.1) is 6.54 Å². The fourth-order valence-electron chi connectivity index (χ4n) is 3.78. The molecule has 25 heavy (non-hydrogen) atoms. The molecule has 1 aromatic carbocycles. The van der Waals surface area contributed by atoms with Crippen molar-refractivity contribution in [3.05, 3.63) is 46.6 Å². The van der Waals surface area contributed by atoms with Gasteiger partial charge in [-0.25, -0.2) is 4.98 Å². The second-order valence-electron chi connectivity index (χ2n) is 6.85. The van der Waals surface area contributed by atoms with Crippen molar-refractivity contribution in [3.63, 3.8) is 0 Å². The van der Waals surface area contributed by atoms with E-state index in [9.17, 15) is 5.11 Å². The van der Waals surface area contributed by atoms with Crippen LogP contribution in [0.4, 0.5) is 0 Å². The first-order chi connectivity index (χ1) is 12.2. The molecule has 3 aromatic rings. The highest BCUT2D eigenvalue weighted by atomic mass is 32.1. The molecule has 0 aliphatic carbocycles. The molecular weight excluding hydrogens is 334 g/mol. The highest BCUT2D eigenvalue weighted by Gasteiger charge is 2.35. The zero-order valence-corrected chi connectivity index (χ0v) is 15.5. The number of aryl methyl sites for hydroxylation is 1. The Morgan fingerprint density at radius 3 is 2.56 bits per heavy atom. The Morgan fingerprint density at radius 1 is 1.20 bits per heavy atom. The first kappa shape index (κ1) is 16.5. The summed E-state index contributed by atoms with van der Waals surface area (Å²) in [6.45, 7) is 10.1. The summed E-state index contributed by atoms with van der Waals surface area (Å²) in [5, 5.41) is 14.9. The third-order valence-electron chi connectivity index (χ3n) is 5.32. The van der Waals surface area contributed by atoms with Gasteiger partial charge in [-0.1, -0.05) is 41.2 Å². The predicted octanol–water partition coefficient (Wildman–Crippen LogP) is -0.302. The molecule has 0 saturated carbocycles. The molecule has 0 unspecified atom stereocenters. The molecule has 6 nitrogen and oxygen atoms in total. The zero-order chi connectivity index (χ0) is 17.4. The minimum Gasteiger partial charge on any atom is -0.492 e. The van der Waals surface area contributed by atoms with Gasteiger partial charge in [0.2, 0.25) is 10.8 Å². The van der Waals surface area contributed by atoms with Crippen LogP contribution >= 0.6 is 11.3 Å². The number of hydrogen-bond donors (Lipinski definition) is 3. The number of nitrogens with zero attached hydrogens (tertiary/aromatic N) is 3. The lowest BCUT2D eigenvalue weighted by Gasteiger charge is -2.34. The average molecular weight is 359 g/mol. The molecule has 1 aliphatic rings. The van der Waals surface area contributed by atoms with Crippen LogP contribution in [-0.4, -0.2) is 52.4 Å². The van der Waals surface area contributed by atoms with Gasteiger partial charge < -0.3 is 14.9 Å². The normalized spacial score (nSPS) is 22.3. The lowest BCUT2D eigenvalue weighted by atomic mass is 10.0. The molecule has 4 rings (SSSR count). The number of rotatable bonds is 4. The third kappa shape index (κ3) is 3.03. The maximum Gasteiger partial charge on any atom is 0.235 e. The topological polar surface area (TPSA) is 59.3 Å². The highest BCUT2D eigenvalue weighted by molar-refractivity contribution is 7.17. The first-order valence-corrected chi connectivity index (χ1v) is 9.75. The SMILES string of the molecule is CC[NH+]1CC[NH+]([C@H](c2ccc(C)cc2)c2sc3ncnn3c2O)CC1. The van der Waals surface area contributed by atoms with Crippen LogP contribution < -0.4 is 9.80 Å². The molecule has 132 valence electrons. The fourth-order valence-corrected chi connectivity index (χ4v) is 4.90. The molecule has 0 amide bonds. The molecule has 2 aromatic heterocycles. The van der Waals surface area contributed by atoms with Gasteiger partial charge >= 0.3 is 0 Å². The lowest BCUT2D eigenvalue weighted by molar-refractivity contribution is -1.02. The summed E-state index contributed by atoms with van der Waals surface area (Å²) < 4.78 is 1.55. The molecule has 1 aliphatic heterocycles. The standard InChI is InChI=1S/C18H23N5OS/c1-3-21-8-10-22(11-9-21)15(14-6-4-13(2)5-7-14)16-17(24)23-18(25-16)19-12-20-23/h4-7,12,15,24H,3,8-11H2,1-2H3/p+2/t15-/m1/s1. The van der Waals surface area contributed by atoms with Crippen LogP contribution in [0.1, 0.15) is 29.0 Å². The molecule has 0 radical (unpaired) electrons. The predicted molar refractivity (Wildman–Crippen MR) is 97.5 cm³/mol.